The van der Waals surface area contributed by atoms with Crippen LogP contribution in [0.4, 0.5) is 65.9 Å². The molecule has 2 aromatic carbocycles. The molecule has 2 aromatic rings. The first-order chi connectivity index (χ1) is 15.9. The largest absolute Gasteiger partial charge is 1.00 e. The molecule has 0 saturated carbocycles. The molecule has 0 bridgehead atoms. The van der Waals surface area contributed by atoms with Gasteiger partial charge in [-0.25, -0.2) is 47.6 Å². The first kappa shape index (κ1) is 32.8. The molecule has 0 aliphatic heterocycles. The summed E-state index contributed by atoms with van der Waals surface area (Å²) >= 11 is 0. The van der Waals surface area contributed by atoms with Crippen LogP contribution in [0.25, 0.3) is 11.1 Å². The maximum absolute atomic E-state index is 14.4. The van der Waals surface area contributed by atoms with Crippen LogP contribution in [0.2, 0.25) is 0 Å². The number of hydrogen-bond acceptors (Lipinski definition) is 4. The molecule has 0 N–H and O–H groups in total. The number of hydrogen-bond donors (Lipinski definition) is 0. The Morgan fingerprint density at radius 2 is 0.649 bits per heavy atom. The van der Waals surface area contributed by atoms with Crippen LogP contribution in [0.3, 0.4) is 0 Å². The van der Waals surface area contributed by atoms with Gasteiger partial charge in [0.05, 0.1) is 21.8 Å². The third-order valence-electron chi connectivity index (χ3n) is 4.02. The Balaban J connectivity index is 0.00000684. The van der Waals surface area contributed by atoms with Gasteiger partial charge in [0.25, 0.3) is 0 Å². The monoisotopic (exact) mass is 600 g/mol. The van der Waals surface area contributed by atoms with Crippen molar-refractivity contribution in [1.29, 1.82) is 0 Å². The molecule has 4 nitrogen and oxygen atoms in total. The van der Waals surface area contributed by atoms with Gasteiger partial charge in [-0.3, -0.25) is 8.78 Å². The second kappa shape index (κ2) is 9.81. The molecule has 0 fully saturated rings. The molecule has 0 amide bonds. The fraction of sp³-hybridized carbons (Fsp3) is 0.133. The van der Waals surface area contributed by atoms with Crippen molar-refractivity contribution in [2.75, 3.05) is 0 Å². The second-order valence-corrected chi connectivity index (χ2v) is 10.2. The Morgan fingerprint density at radius 1 is 0.432 bits per heavy atom. The normalized spacial score (nSPS) is 12.9. The van der Waals surface area contributed by atoms with Crippen LogP contribution in [0.5, 0.6) is 0 Å². The molecule has 0 radical (unpaired) electrons. The topological polar surface area (TPSA) is 68.3 Å². The van der Waals surface area contributed by atoms with Crippen LogP contribution in [-0.2, 0) is 19.7 Å². The predicted molar refractivity (Wildman–Crippen MR) is 83.8 cm³/mol. The van der Waals surface area contributed by atoms with Crippen molar-refractivity contribution in [2.24, 2.45) is 0 Å². The van der Waals surface area contributed by atoms with Crippen LogP contribution in [0.1, 0.15) is 5.56 Å². The van der Waals surface area contributed by atoms with E-state index in [4.69, 9.17) is 0 Å². The third kappa shape index (κ3) is 4.85. The molecular formula is C15F15LiO4S2. The Labute approximate surface area is 206 Å². The average molecular weight is 600 g/mol. The molecule has 0 unspecified atom stereocenters. The summed E-state index contributed by atoms with van der Waals surface area (Å²) in [6.45, 7) is 0. The molecule has 0 saturated heterocycles. The van der Waals surface area contributed by atoms with Gasteiger partial charge in [-0.05, 0) is 0 Å². The van der Waals surface area contributed by atoms with Gasteiger partial charge in [-0.1, -0.05) is 5.56 Å². The number of halogens is 15. The zero-order valence-electron chi connectivity index (χ0n) is 16.6. The smallest absolute Gasteiger partial charge is 0.280 e. The van der Waals surface area contributed by atoms with E-state index in [9.17, 15) is 82.7 Å². The van der Waals surface area contributed by atoms with E-state index >= 15 is 0 Å². The summed E-state index contributed by atoms with van der Waals surface area (Å²) < 4.78 is 244. The summed E-state index contributed by atoms with van der Waals surface area (Å²) in [7, 11) is -16.1. The Kier molecular flexibility index (Phi) is 8.70. The summed E-state index contributed by atoms with van der Waals surface area (Å²) in [4.78, 5) is 0. The van der Waals surface area contributed by atoms with Crippen molar-refractivity contribution in [2.45, 2.75) is 11.0 Å². The minimum Gasteiger partial charge on any atom is -0.280 e. The molecule has 2 rings (SSSR count). The van der Waals surface area contributed by atoms with Crippen LogP contribution >= 0.6 is 0 Å². The van der Waals surface area contributed by atoms with Gasteiger partial charge < -0.3 is 0 Å². The summed E-state index contributed by atoms with van der Waals surface area (Å²) in [6, 6.07) is 0. The van der Waals surface area contributed by atoms with Gasteiger partial charge in [-0.15, -0.1) is 0 Å². The number of benzene rings is 2. The molecule has 0 atom stereocenters. The minimum absolute atomic E-state index is 0. The Hall–Kier alpha value is -2.24. The number of sulfone groups is 2. The van der Waals surface area contributed by atoms with Gasteiger partial charge in [-0.2, -0.15) is 26.3 Å². The third-order valence-corrected chi connectivity index (χ3v) is 7.94. The van der Waals surface area contributed by atoms with E-state index < -0.39 is 104 Å². The van der Waals surface area contributed by atoms with Crippen molar-refractivity contribution >= 4 is 19.7 Å². The van der Waals surface area contributed by atoms with Gasteiger partial charge in [0.1, 0.15) is 11.6 Å². The summed E-state index contributed by atoms with van der Waals surface area (Å²) in [5.74, 6) is -30.0. The molecule has 0 aliphatic carbocycles. The Bertz CT molecular complexity index is 1380. The fourth-order valence-corrected chi connectivity index (χ4v) is 5.52. The first-order valence-electron chi connectivity index (χ1n) is 7.82. The van der Waals surface area contributed by atoms with Crippen LogP contribution in [0, 0.1) is 56.9 Å². The van der Waals surface area contributed by atoms with Crippen molar-refractivity contribution in [1.82, 2.24) is 0 Å². The van der Waals surface area contributed by atoms with Crippen LogP contribution in [0.15, 0.2) is 0 Å². The average Bonchev–Trinajstić information content (AvgIpc) is 2.72. The summed E-state index contributed by atoms with van der Waals surface area (Å²) in [5.41, 5.74) is -23.8. The SMILES string of the molecule is O=S(=O)([C-](c1c(F)c(F)c(-c2c(F)c(F)c(F)c(F)c2F)c(F)c1F)S(=O)(=O)C(F)(F)F)C(F)(F)F.[Li+]. The van der Waals surface area contributed by atoms with Gasteiger partial charge in [0.2, 0.25) is 25.5 Å². The quantitative estimate of drug-likeness (QED) is 0.178. The predicted octanol–water partition coefficient (Wildman–Crippen LogP) is 2.32. The standard InChI is InChI=1S/C15F15O4S2.Li/c16-4-1(2-6(18)10(22)12(24)11(23)7(2)19)5(17)9(21)3(8(4)20)13(35(31,32)14(25,26)27)36(33,34)15(28,29)30;/q-1;+1. The van der Waals surface area contributed by atoms with Crippen molar-refractivity contribution < 1.29 is 102 Å². The van der Waals surface area contributed by atoms with E-state index in [1.54, 1.807) is 0 Å². The minimum atomic E-state index is -8.05. The van der Waals surface area contributed by atoms with E-state index in [0.29, 0.717) is 0 Å². The van der Waals surface area contributed by atoms with E-state index in [1.165, 1.54) is 0 Å². The molecule has 0 aliphatic rings. The molecule has 37 heavy (non-hydrogen) atoms. The maximum Gasteiger partial charge on any atom is 1.00 e. The molecule has 0 heterocycles. The summed E-state index contributed by atoms with van der Waals surface area (Å²) in [6.07, 6.45) is 0. The Morgan fingerprint density at radius 3 is 0.892 bits per heavy atom. The zero-order valence-corrected chi connectivity index (χ0v) is 18.3. The van der Waals surface area contributed by atoms with E-state index in [-0.39, 0.29) is 18.9 Å². The van der Waals surface area contributed by atoms with Gasteiger partial charge >= 0.3 is 29.9 Å². The molecular weight excluding hydrogens is 600 g/mol. The molecule has 22 heteroatoms. The van der Waals surface area contributed by atoms with Gasteiger partial charge in [0.15, 0.2) is 23.3 Å². The van der Waals surface area contributed by atoms with Crippen LogP contribution in [-0.4, -0.2) is 27.9 Å². The van der Waals surface area contributed by atoms with Crippen LogP contribution < -0.4 is 18.9 Å². The fourth-order valence-electron chi connectivity index (χ4n) is 2.48. The second-order valence-electron chi connectivity index (χ2n) is 6.14. The van der Waals surface area contributed by atoms with Crippen molar-refractivity contribution in [3.8, 4) is 11.1 Å². The van der Waals surface area contributed by atoms with E-state index in [2.05, 4.69) is 0 Å². The molecule has 202 valence electrons. The molecule has 0 spiro atoms. The van der Waals surface area contributed by atoms with Crippen molar-refractivity contribution in [3.63, 3.8) is 0 Å². The first-order valence-corrected chi connectivity index (χ1v) is 10.8. The summed E-state index contributed by atoms with van der Waals surface area (Å²) in [5, 5.41) is 0. The number of rotatable bonds is 4. The zero-order chi connectivity index (χ0) is 28.5. The maximum atomic E-state index is 14.4. The van der Waals surface area contributed by atoms with E-state index in [1.807, 2.05) is 0 Å². The number of alkyl halides is 6. The molecule has 0 aromatic heterocycles. The van der Waals surface area contributed by atoms with Gasteiger partial charge in [0, 0.05) is 5.56 Å². The van der Waals surface area contributed by atoms with Crippen molar-refractivity contribution in [3.05, 3.63) is 62.5 Å². The van der Waals surface area contributed by atoms with E-state index in [0.717, 1.165) is 0 Å².